The molecule has 0 unspecified atom stereocenters. The number of carbonyl (C=O) groups is 2. The highest BCUT2D eigenvalue weighted by atomic mass is 19.3. The summed E-state index contributed by atoms with van der Waals surface area (Å²) in [6, 6.07) is 23.0. The number of pyridine rings is 1. The van der Waals surface area contributed by atoms with Gasteiger partial charge in [-0.05, 0) is 54.8 Å². The highest BCUT2D eigenvalue weighted by Crippen LogP contribution is 2.23. The third-order valence-electron chi connectivity index (χ3n) is 7.01. The topological polar surface area (TPSA) is 105 Å². The van der Waals surface area contributed by atoms with Gasteiger partial charge < -0.3 is 15.5 Å². The number of halogens is 3. The summed E-state index contributed by atoms with van der Waals surface area (Å²) in [5, 5.41) is 9.71. The molecule has 1 aliphatic rings. The zero-order valence-electron chi connectivity index (χ0n) is 23.8. The molecule has 9 nitrogen and oxygen atoms in total. The monoisotopic (exact) mass is 601 g/mol. The number of alkyl halides is 2. The first-order valence-corrected chi connectivity index (χ1v) is 14.0. The Morgan fingerprint density at radius 1 is 0.955 bits per heavy atom. The molecule has 12 heteroatoms. The van der Waals surface area contributed by atoms with Gasteiger partial charge in [-0.2, -0.15) is 0 Å². The third-order valence-corrected chi connectivity index (χ3v) is 7.01. The number of hydrogen-bond donors (Lipinski definition) is 2. The van der Waals surface area contributed by atoms with Crippen LogP contribution in [-0.4, -0.2) is 63.5 Å². The van der Waals surface area contributed by atoms with Crippen molar-refractivity contribution in [2.45, 2.75) is 25.8 Å². The van der Waals surface area contributed by atoms with Gasteiger partial charge in [0.1, 0.15) is 17.3 Å². The van der Waals surface area contributed by atoms with Crippen LogP contribution in [0.1, 0.15) is 33.0 Å². The fourth-order valence-electron chi connectivity index (χ4n) is 4.81. The maximum Gasteiger partial charge on any atom is 0.271 e. The molecule has 0 aliphatic carbocycles. The fourth-order valence-corrected chi connectivity index (χ4v) is 4.81. The first-order valence-electron chi connectivity index (χ1n) is 14.0. The van der Waals surface area contributed by atoms with Gasteiger partial charge in [-0.1, -0.05) is 48.5 Å². The van der Waals surface area contributed by atoms with Gasteiger partial charge in [-0.15, -0.1) is 5.10 Å². The third kappa shape index (κ3) is 7.38. The molecule has 4 heterocycles. The van der Waals surface area contributed by atoms with Gasteiger partial charge in [0.15, 0.2) is 11.3 Å². The molecule has 1 atom stereocenters. The van der Waals surface area contributed by atoms with Crippen molar-refractivity contribution in [1.29, 1.82) is 0 Å². The summed E-state index contributed by atoms with van der Waals surface area (Å²) in [6.45, 7) is 2.37. The van der Waals surface area contributed by atoms with Crippen LogP contribution < -0.4 is 15.5 Å². The van der Waals surface area contributed by atoms with E-state index in [9.17, 15) is 22.8 Å². The summed E-state index contributed by atoms with van der Waals surface area (Å²) in [7, 11) is 0. The van der Waals surface area contributed by atoms with Crippen LogP contribution in [0.3, 0.4) is 0 Å². The van der Waals surface area contributed by atoms with Crippen LogP contribution in [0.5, 0.6) is 0 Å². The minimum Gasteiger partial charge on any atom is -0.353 e. The number of aromatic nitrogens is 4. The molecule has 2 aromatic carbocycles. The lowest BCUT2D eigenvalue weighted by atomic mass is 10.0. The van der Waals surface area contributed by atoms with Crippen molar-refractivity contribution >= 4 is 23.3 Å². The number of benzene rings is 2. The highest BCUT2D eigenvalue weighted by Gasteiger charge is 2.26. The molecule has 1 saturated heterocycles. The summed E-state index contributed by atoms with van der Waals surface area (Å²) in [5.74, 6) is -0.510. The number of hydrogen-bond acceptors (Lipinski definition) is 6. The lowest BCUT2D eigenvalue weighted by Crippen LogP contribution is -2.37. The second kappa shape index (κ2) is 13.8. The van der Waals surface area contributed by atoms with Crippen molar-refractivity contribution in [2.75, 3.05) is 24.5 Å². The molecule has 0 radical (unpaired) electrons. The summed E-state index contributed by atoms with van der Waals surface area (Å²) < 4.78 is 38.2. The average molecular weight is 602 g/mol. The molecule has 0 bridgehead atoms. The van der Waals surface area contributed by atoms with Crippen LogP contribution in [0.4, 0.5) is 19.0 Å². The van der Waals surface area contributed by atoms with Gasteiger partial charge in [-0.25, -0.2) is 22.7 Å². The minimum atomic E-state index is -2.65. The van der Waals surface area contributed by atoms with E-state index < -0.39 is 18.9 Å². The Hall–Kier alpha value is -5.26. The van der Waals surface area contributed by atoms with Crippen LogP contribution in [0, 0.1) is 12.7 Å². The number of imidazole rings is 1. The number of carbonyl (C=O) groups excluding carboxylic acids is 2. The van der Waals surface area contributed by atoms with E-state index in [-0.39, 0.29) is 23.5 Å². The van der Waals surface area contributed by atoms with Crippen LogP contribution in [0.15, 0.2) is 91.3 Å². The molecular weight excluding hydrogens is 571 g/mol. The summed E-state index contributed by atoms with van der Waals surface area (Å²) in [4.78, 5) is 35.7. The van der Waals surface area contributed by atoms with Gasteiger partial charge in [0.2, 0.25) is 0 Å². The van der Waals surface area contributed by atoms with Gasteiger partial charge in [0, 0.05) is 30.9 Å². The van der Waals surface area contributed by atoms with E-state index in [1.807, 2.05) is 42.2 Å². The molecule has 2 N–H and O–H groups in total. The standard InChI is InChI=1S/C26H25F2N7O2.C6H5F/c1-16-11-20(29-12-19(16)17-5-3-2-4-6-17)25(36)32-18-9-10-34(15-18)24-8-7-23-30-13-21(35(23)33-24)26(37)31-14-22(27)28;7-6-4-2-1-3-5-6/h2-8,11-13,18,22H,9-10,14-15H2,1H3,(H,31,37)(H,32,36);1-5H/t18-;/m0./s1. The van der Waals surface area contributed by atoms with E-state index in [4.69, 9.17) is 0 Å². The van der Waals surface area contributed by atoms with E-state index in [0.717, 1.165) is 16.7 Å². The number of anilines is 1. The Labute approximate surface area is 251 Å². The van der Waals surface area contributed by atoms with Crippen molar-refractivity contribution in [3.05, 3.63) is 114 Å². The first kappa shape index (κ1) is 30.2. The Balaban J connectivity index is 0.000000484. The molecule has 44 heavy (non-hydrogen) atoms. The molecule has 0 spiro atoms. The average Bonchev–Trinajstić information content (AvgIpc) is 3.68. The summed E-state index contributed by atoms with van der Waals surface area (Å²) in [5.41, 5.74) is 3.84. The van der Waals surface area contributed by atoms with Crippen LogP contribution in [-0.2, 0) is 0 Å². The number of nitrogens with zero attached hydrogens (tertiary/aromatic N) is 5. The number of aryl methyl sites for hydroxylation is 1. The second-order valence-corrected chi connectivity index (χ2v) is 10.2. The molecule has 226 valence electrons. The van der Waals surface area contributed by atoms with Gasteiger partial charge in [0.05, 0.1) is 12.7 Å². The Morgan fingerprint density at radius 3 is 2.34 bits per heavy atom. The largest absolute Gasteiger partial charge is 0.353 e. The predicted molar refractivity (Wildman–Crippen MR) is 160 cm³/mol. The van der Waals surface area contributed by atoms with Crippen molar-refractivity contribution in [3.8, 4) is 11.1 Å². The Bertz CT molecular complexity index is 1730. The Morgan fingerprint density at radius 2 is 1.68 bits per heavy atom. The van der Waals surface area contributed by atoms with Crippen molar-refractivity contribution in [3.63, 3.8) is 0 Å². The van der Waals surface area contributed by atoms with E-state index in [1.54, 1.807) is 42.6 Å². The van der Waals surface area contributed by atoms with Crippen molar-refractivity contribution < 1.29 is 22.8 Å². The van der Waals surface area contributed by atoms with Crippen LogP contribution >= 0.6 is 0 Å². The minimum absolute atomic E-state index is 0.0712. The molecule has 2 amide bonds. The summed E-state index contributed by atoms with van der Waals surface area (Å²) in [6.07, 6.45) is 1.08. The molecule has 1 aliphatic heterocycles. The lowest BCUT2D eigenvalue weighted by Gasteiger charge is -2.18. The van der Waals surface area contributed by atoms with E-state index in [1.165, 1.54) is 22.8 Å². The lowest BCUT2D eigenvalue weighted by molar-refractivity contribution is 0.0884. The number of nitrogens with one attached hydrogen (secondary N) is 2. The van der Waals surface area contributed by atoms with Crippen molar-refractivity contribution in [2.24, 2.45) is 0 Å². The zero-order valence-corrected chi connectivity index (χ0v) is 23.8. The van der Waals surface area contributed by atoms with Crippen LogP contribution in [0.2, 0.25) is 0 Å². The van der Waals surface area contributed by atoms with Gasteiger partial charge in [-0.3, -0.25) is 14.6 Å². The van der Waals surface area contributed by atoms with Gasteiger partial charge in [0.25, 0.3) is 18.2 Å². The maximum absolute atomic E-state index is 12.9. The molecule has 1 fully saturated rings. The van der Waals surface area contributed by atoms with E-state index >= 15 is 0 Å². The van der Waals surface area contributed by atoms with E-state index in [0.29, 0.717) is 36.7 Å². The molecular formula is C32H30F3N7O2. The highest BCUT2D eigenvalue weighted by molar-refractivity contribution is 5.93. The predicted octanol–water partition coefficient (Wildman–Crippen LogP) is 4.93. The smallest absolute Gasteiger partial charge is 0.271 e. The molecule has 6 rings (SSSR count). The van der Waals surface area contributed by atoms with Crippen molar-refractivity contribution in [1.82, 2.24) is 30.2 Å². The zero-order chi connectivity index (χ0) is 31.1. The SMILES string of the molecule is Cc1cc(C(=O)N[C@H]2CCN(c3ccc4ncc(C(=O)NCC(F)F)n4n3)C2)ncc1-c1ccccc1.Fc1ccccc1. The quantitative estimate of drug-likeness (QED) is 0.274. The van der Waals surface area contributed by atoms with E-state index in [2.05, 4.69) is 25.7 Å². The summed E-state index contributed by atoms with van der Waals surface area (Å²) >= 11 is 0. The number of rotatable bonds is 7. The second-order valence-electron chi connectivity index (χ2n) is 10.2. The van der Waals surface area contributed by atoms with Crippen LogP contribution in [0.25, 0.3) is 16.8 Å². The normalized spacial score (nSPS) is 14.3. The number of amides is 2. The first-order chi connectivity index (χ1) is 21.3. The molecule has 5 aromatic rings. The fraction of sp³-hybridized carbons (Fsp3) is 0.219. The molecule has 0 saturated carbocycles. The maximum atomic E-state index is 12.9. The van der Waals surface area contributed by atoms with Gasteiger partial charge >= 0.3 is 0 Å². The molecule has 3 aromatic heterocycles. The number of fused-ring (bicyclic) bond motifs is 1. The Kier molecular flexibility index (Phi) is 9.48.